The number of hydrogen-bond acceptors (Lipinski definition) is 3. The highest BCUT2D eigenvalue weighted by molar-refractivity contribution is 5.88. The highest BCUT2D eigenvalue weighted by Gasteiger charge is 2.11. The molecule has 1 heterocycles. The summed E-state index contributed by atoms with van der Waals surface area (Å²) in [7, 11) is 0. The molecule has 3 N–H and O–H groups in total. The van der Waals surface area contributed by atoms with E-state index in [0.29, 0.717) is 11.6 Å². The number of rotatable bonds is 4. The van der Waals surface area contributed by atoms with E-state index in [1.54, 1.807) is 18.3 Å². The first-order valence-corrected chi connectivity index (χ1v) is 5.90. The van der Waals surface area contributed by atoms with Crippen molar-refractivity contribution in [3.63, 3.8) is 0 Å². The standard InChI is InChI=1S/C14H15N3O2/c1-10(11-6-3-2-4-7-11)19-12-8-5-9-16-13(12)17-14(15)18/h2-10H,1H3,(H3,15,16,17,18)/t10-/m0/s1. The maximum atomic E-state index is 10.9. The minimum Gasteiger partial charge on any atom is -0.482 e. The minimum atomic E-state index is -0.670. The summed E-state index contributed by atoms with van der Waals surface area (Å²) in [4.78, 5) is 14.9. The van der Waals surface area contributed by atoms with Crippen LogP contribution < -0.4 is 15.8 Å². The SMILES string of the molecule is C[C@H](Oc1cccnc1NC(N)=O)c1ccccc1. The zero-order valence-corrected chi connectivity index (χ0v) is 10.5. The highest BCUT2D eigenvalue weighted by Crippen LogP contribution is 2.26. The Morgan fingerprint density at radius 1 is 1.26 bits per heavy atom. The number of urea groups is 1. The summed E-state index contributed by atoms with van der Waals surface area (Å²) in [6, 6.07) is 12.6. The van der Waals surface area contributed by atoms with Gasteiger partial charge in [0.1, 0.15) is 6.10 Å². The van der Waals surface area contributed by atoms with Crippen molar-refractivity contribution in [1.82, 2.24) is 4.98 Å². The minimum absolute atomic E-state index is 0.154. The molecule has 5 nitrogen and oxygen atoms in total. The molecule has 0 saturated carbocycles. The van der Waals surface area contributed by atoms with Gasteiger partial charge in [-0.05, 0) is 24.6 Å². The molecule has 0 fully saturated rings. The van der Waals surface area contributed by atoms with Gasteiger partial charge in [-0.2, -0.15) is 0 Å². The predicted molar refractivity (Wildman–Crippen MR) is 72.9 cm³/mol. The number of hydrogen-bond donors (Lipinski definition) is 2. The molecular weight excluding hydrogens is 242 g/mol. The molecule has 0 aliphatic rings. The second-order valence-electron chi connectivity index (χ2n) is 4.01. The molecule has 2 aromatic rings. The van der Waals surface area contributed by atoms with Crippen LogP contribution in [0.15, 0.2) is 48.7 Å². The number of aromatic nitrogens is 1. The summed E-state index contributed by atoms with van der Waals surface area (Å²) in [5.74, 6) is 0.801. The average Bonchev–Trinajstić information content (AvgIpc) is 2.41. The zero-order valence-electron chi connectivity index (χ0n) is 10.5. The topological polar surface area (TPSA) is 77.2 Å². The molecular formula is C14H15N3O2. The van der Waals surface area contributed by atoms with Crippen LogP contribution in [0.2, 0.25) is 0 Å². The van der Waals surface area contributed by atoms with Crippen molar-refractivity contribution >= 4 is 11.8 Å². The van der Waals surface area contributed by atoms with Gasteiger partial charge in [0, 0.05) is 6.20 Å². The Morgan fingerprint density at radius 2 is 2.00 bits per heavy atom. The highest BCUT2D eigenvalue weighted by atomic mass is 16.5. The summed E-state index contributed by atoms with van der Waals surface area (Å²) in [6.07, 6.45) is 1.41. The lowest BCUT2D eigenvalue weighted by atomic mass is 10.1. The molecule has 0 saturated heterocycles. The average molecular weight is 257 g/mol. The van der Waals surface area contributed by atoms with Crippen molar-refractivity contribution in [2.75, 3.05) is 5.32 Å². The van der Waals surface area contributed by atoms with Crippen molar-refractivity contribution in [3.05, 3.63) is 54.2 Å². The number of anilines is 1. The van der Waals surface area contributed by atoms with Crippen LogP contribution in [-0.4, -0.2) is 11.0 Å². The first-order chi connectivity index (χ1) is 9.16. The lowest BCUT2D eigenvalue weighted by molar-refractivity contribution is 0.227. The molecule has 0 radical (unpaired) electrons. The lowest BCUT2D eigenvalue weighted by Gasteiger charge is -2.16. The van der Waals surface area contributed by atoms with Gasteiger partial charge in [0.15, 0.2) is 11.6 Å². The van der Waals surface area contributed by atoms with Gasteiger partial charge in [0.05, 0.1) is 0 Å². The van der Waals surface area contributed by atoms with E-state index >= 15 is 0 Å². The summed E-state index contributed by atoms with van der Waals surface area (Å²) >= 11 is 0. The van der Waals surface area contributed by atoms with E-state index in [-0.39, 0.29) is 6.10 Å². The molecule has 1 atom stereocenters. The Balaban J connectivity index is 2.17. The molecule has 0 aliphatic heterocycles. The van der Waals surface area contributed by atoms with Crippen LogP contribution >= 0.6 is 0 Å². The zero-order chi connectivity index (χ0) is 13.7. The van der Waals surface area contributed by atoms with Crippen molar-refractivity contribution in [3.8, 4) is 5.75 Å². The number of carbonyl (C=O) groups excluding carboxylic acids is 1. The summed E-state index contributed by atoms with van der Waals surface area (Å²) < 4.78 is 5.80. The fourth-order valence-electron chi connectivity index (χ4n) is 1.68. The van der Waals surface area contributed by atoms with E-state index in [1.807, 2.05) is 37.3 Å². The number of nitrogens with one attached hydrogen (secondary N) is 1. The number of pyridine rings is 1. The number of benzene rings is 1. The number of primary amides is 1. The second kappa shape index (κ2) is 5.86. The van der Waals surface area contributed by atoms with E-state index in [0.717, 1.165) is 5.56 Å². The van der Waals surface area contributed by atoms with Gasteiger partial charge in [0.25, 0.3) is 0 Å². The third kappa shape index (κ3) is 3.45. The van der Waals surface area contributed by atoms with E-state index in [9.17, 15) is 4.79 Å². The monoisotopic (exact) mass is 257 g/mol. The molecule has 0 spiro atoms. The molecule has 19 heavy (non-hydrogen) atoms. The maximum absolute atomic E-state index is 10.9. The molecule has 0 bridgehead atoms. The van der Waals surface area contributed by atoms with E-state index in [2.05, 4.69) is 10.3 Å². The van der Waals surface area contributed by atoms with E-state index in [4.69, 9.17) is 10.5 Å². The van der Waals surface area contributed by atoms with Gasteiger partial charge in [-0.1, -0.05) is 30.3 Å². The van der Waals surface area contributed by atoms with Gasteiger partial charge in [-0.3, -0.25) is 5.32 Å². The fraction of sp³-hybridized carbons (Fsp3) is 0.143. The van der Waals surface area contributed by atoms with Gasteiger partial charge in [-0.15, -0.1) is 0 Å². The number of nitrogens with two attached hydrogens (primary N) is 1. The Bertz CT molecular complexity index is 558. The second-order valence-corrected chi connectivity index (χ2v) is 4.01. The summed E-state index contributed by atoms with van der Waals surface area (Å²) in [5.41, 5.74) is 6.13. The van der Waals surface area contributed by atoms with E-state index < -0.39 is 6.03 Å². The third-order valence-corrected chi connectivity index (χ3v) is 2.59. The third-order valence-electron chi connectivity index (χ3n) is 2.59. The Hall–Kier alpha value is -2.56. The molecule has 1 aromatic carbocycles. The first kappa shape index (κ1) is 12.9. The summed E-state index contributed by atoms with van der Waals surface area (Å²) in [5, 5.41) is 2.43. The molecule has 0 unspecified atom stereocenters. The van der Waals surface area contributed by atoms with Crippen molar-refractivity contribution in [2.24, 2.45) is 5.73 Å². The predicted octanol–water partition coefficient (Wildman–Crippen LogP) is 2.71. The van der Waals surface area contributed by atoms with Crippen LogP contribution in [-0.2, 0) is 0 Å². The van der Waals surface area contributed by atoms with Crippen LogP contribution in [0, 0.1) is 0 Å². The van der Waals surface area contributed by atoms with Gasteiger partial charge < -0.3 is 10.5 Å². The molecule has 0 aliphatic carbocycles. The first-order valence-electron chi connectivity index (χ1n) is 5.90. The number of ether oxygens (including phenoxy) is 1. The normalized spacial score (nSPS) is 11.6. The van der Waals surface area contributed by atoms with Crippen molar-refractivity contribution in [1.29, 1.82) is 0 Å². The molecule has 98 valence electrons. The molecule has 1 aromatic heterocycles. The Labute approximate surface area is 111 Å². The molecule has 2 amide bonds. The van der Waals surface area contributed by atoms with Crippen molar-refractivity contribution in [2.45, 2.75) is 13.0 Å². The Kier molecular flexibility index (Phi) is 3.97. The fourth-order valence-corrected chi connectivity index (χ4v) is 1.68. The van der Waals surface area contributed by atoms with Crippen molar-refractivity contribution < 1.29 is 9.53 Å². The lowest BCUT2D eigenvalue weighted by Crippen LogP contribution is -2.20. The molecule has 2 rings (SSSR count). The molecule has 5 heteroatoms. The van der Waals surface area contributed by atoms with Crippen LogP contribution in [0.25, 0.3) is 0 Å². The maximum Gasteiger partial charge on any atom is 0.317 e. The summed E-state index contributed by atoms with van der Waals surface area (Å²) in [6.45, 7) is 1.93. The number of nitrogens with zero attached hydrogens (tertiary/aromatic N) is 1. The van der Waals surface area contributed by atoms with Gasteiger partial charge in [-0.25, -0.2) is 9.78 Å². The largest absolute Gasteiger partial charge is 0.482 e. The van der Waals surface area contributed by atoms with Gasteiger partial charge in [0.2, 0.25) is 0 Å². The van der Waals surface area contributed by atoms with E-state index in [1.165, 1.54) is 0 Å². The van der Waals surface area contributed by atoms with Crippen LogP contribution in [0.5, 0.6) is 5.75 Å². The smallest absolute Gasteiger partial charge is 0.317 e. The number of amides is 2. The van der Waals surface area contributed by atoms with Crippen LogP contribution in [0.4, 0.5) is 10.6 Å². The number of carbonyl (C=O) groups is 1. The Morgan fingerprint density at radius 3 is 2.68 bits per heavy atom. The van der Waals surface area contributed by atoms with Crippen LogP contribution in [0.3, 0.4) is 0 Å². The van der Waals surface area contributed by atoms with Gasteiger partial charge >= 0.3 is 6.03 Å². The van der Waals surface area contributed by atoms with Crippen LogP contribution in [0.1, 0.15) is 18.6 Å². The quantitative estimate of drug-likeness (QED) is 0.884.